The molecule has 0 aliphatic rings. The summed E-state index contributed by atoms with van der Waals surface area (Å²) in [5.74, 6) is -0.257. The van der Waals surface area contributed by atoms with Gasteiger partial charge in [0, 0.05) is 19.2 Å². The molecule has 0 aliphatic heterocycles. The van der Waals surface area contributed by atoms with Crippen LogP contribution in [0, 0.1) is 5.82 Å². The highest BCUT2D eigenvalue weighted by atomic mass is 32.1. The minimum Gasteiger partial charge on any atom is -0.318 e. The van der Waals surface area contributed by atoms with Crippen molar-refractivity contribution in [1.29, 1.82) is 0 Å². The maximum Gasteiger partial charge on any atom is 0.190 e. The number of carbonyl (C=O) groups is 1. The second-order valence-electron chi connectivity index (χ2n) is 3.78. The van der Waals surface area contributed by atoms with Crippen molar-refractivity contribution >= 4 is 27.9 Å². The van der Waals surface area contributed by atoms with Crippen molar-refractivity contribution in [2.24, 2.45) is 0 Å². The van der Waals surface area contributed by atoms with Gasteiger partial charge in [0.15, 0.2) is 10.9 Å². The topological polar surface area (TPSA) is 33.2 Å². The lowest BCUT2D eigenvalue weighted by molar-refractivity contribution is 0.102. The maximum atomic E-state index is 12.9. The first kappa shape index (κ1) is 12.7. The Kier molecular flexibility index (Phi) is 3.72. The highest BCUT2D eigenvalue weighted by Crippen LogP contribution is 2.29. The van der Waals surface area contributed by atoms with Gasteiger partial charge in [-0.25, -0.2) is 9.37 Å². The van der Waals surface area contributed by atoms with E-state index in [-0.39, 0.29) is 11.6 Å². The zero-order valence-electron chi connectivity index (χ0n) is 10.2. The molecule has 0 fully saturated rings. The number of hydrogen-bond acceptors (Lipinski definition) is 4. The minimum atomic E-state index is -0.265. The molecule has 18 heavy (non-hydrogen) atoms. The number of nitrogens with zero attached hydrogens (tertiary/aromatic N) is 2. The lowest BCUT2D eigenvalue weighted by Gasteiger charge is -2.19. The van der Waals surface area contributed by atoms with Crippen molar-refractivity contribution in [2.45, 2.75) is 13.8 Å². The quantitative estimate of drug-likeness (QED) is 0.790. The first-order valence-electron chi connectivity index (χ1n) is 5.61. The lowest BCUT2D eigenvalue weighted by Crippen LogP contribution is -2.15. The van der Waals surface area contributed by atoms with E-state index in [9.17, 15) is 9.18 Å². The van der Waals surface area contributed by atoms with Gasteiger partial charge in [0.05, 0.1) is 11.1 Å². The molecule has 1 heterocycles. The SMILES string of the molecule is CCN(c1ccc(F)cc1)c1ncc(C(C)=O)s1. The van der Waals surface area contributed by atoms with Crippen LogP contribution in [0.3, 0.4) is 0 Å². The molecule has 0 bridgehead atoms. The summed E-state index contributed by atoms with van der Waals surface area (Å²) < 4.78 is 12.9. The molecule has 0 aliphatic carbocycles. The van der Waals surface area contributed by atoms with E-state index in [2.05, 4.69) is 4.98 Å². The lowest BCUT2D eigenvalue weighted by atomic mass is 10.3. The zero-order valence-corrected chi connectivity index (χ0v) is 11.0. The fourth-order valence-electron chi connectivity index (χ4n) is 1.60. The summed E-state index contributed by atoms with van der Waals surface area (Å²) in [6, 6.07) is 6.23. The summed E-state index contributed by atoms with van der Waals surface area (Å²) >= 11 is 1.34. The average molecular weight is 264 g/mol. The van der Waals surface area contributed by atoms with E-state index in [0.29, 0.717) is 11.4 Å². The number of anilines is 2. The van der Waals surface area contributed by atoms with Gasteiger partial charge in [-0.05, 0) is 31.2 Å². The molecule has 1 aromatic carbocycles. The number of rotatable bonds is 4. The van der Waals surface area contributed by atoms with E-state index in [1.807, 2.05) is 11.8 Å². The summed E-state index contributed by atoms with van der Waals surface area (Å²) in [5.41, 5.74) is 0.864. The average Bonchev–Trinajstić information content (AvgIpc) is 2.82. The van der Waals surface area contributed by atoms with Gasteiger partial charge in [-0.3, -0.25) is 4.79 Å². The summed E-state index contributed by atoms with van der Waals surface area (Å²) in [6.45, 7) is 4.21. The first-order chi connectivity index (χ1) is 8.61. The van der Waals surface area contributed by atoms with Crippen LogP contribution in [-0.4, -0.2) is 17.3 Å². The van der Waals surface area contributed by atoms with Crippen LogP contribution in [0.2, 0.25) is 0 Å². The Morgan fingerprint density at radius 1 is 1.39 bits per heavy atom. The van der Waals surface area contributed by atoms with Gasteiger partial charge < -0.3 is 4.90 Å². The summed E-state index contributed by atoms with van der Waals surface area (Å²) in [7, 11) is 0. The molecular formula is C13H13FN2OS. The molecule has 0 saturated carbocycles. The van der Waals surface area contributed by atoms with Crippen LogP contribution >= 0.6 is 11.3 Å². The summed E-state index contributed by atoms with van der Waals surface area (Å²) in [5, 5.41) is 0.745. The van der Waals surface area contributed by atoms with E-state index in [0.717, 1.165) is 10.8 Å². The number of thiazole rings is 1. The third-order valence-corrected chi connectivity index (χ3v) is 3.65. The number of benzene rings is 1. The summed E-state index contributed by atoms with van der Waals surface area (Å²) in [4.78, 5) is 18.1. The fraction of sp³-hybridized carbons (Fsp3) is 0.231. The van der Waals surface area contributed by atoms with Crippen LogP contribution in [0.5, 0.6) is 0 Å². The minimum absolute atomic E-state index is 0.00825. The molecule has 2 rings (SSSR count). The summed E-state index contributed by atoms with van der Waals surface area (Å²) in [6.07, 6.45) is 1.58. The van der Waals surface area contributed by atoms with Crippen molar-refractivity contribution in [2.75, 3.05) is 11.4 Å². The number of Topliss-reactive ketones (excluding diaryl/α,β-unsaturated/α-hetero) is 1. The number of hydrogen-bond donors (Lipinski definition) is 0. The van der Waals surface area contributed by atoms with Crippen molar-refractivity contribution in [1.82, 2.24) is 4.98 Å². The highest BCUT2D eigenvalue weighted by molar-refractivity contribution is 7.17. The molecular weight excluding hydrogens is 251 g/mol. The van der Waals surface area contributed by atoms with Gasteiger partial charge in [-0.2, -0.15) is 0 Å². The second-order valence-corrected chi connectivity index (χ2v) is 4.79. The predicted octanol–water partition coefficient (Wildman–Crippen LogP) is 3.64. The van der Waals surface area contributed by atoms with Gasteiger partial charge in [-0.1, -0.05) is 11.3 Å². The molecule has 0 radical (unpaired) electrons. The van der Waals surface area contributed by atoms with Crippen molar-refractivity contribution < 1.29 is 9.18 Å². The van der Waals surface area contributed by atoms with E-state index in [1.165, 1.54) is 30.4 Å². The molecule has 3 nitrogen and oxygen atoms in total. The molecule has 0 unspecified atom stereocenters. The highest BCUT2D eigenvalue weighted by Gasteiger charge is 2.13. The Bertz CT molecular complexity index is 550. The van der Waals surface area contributed by atoms with Gasteiger partial charge in [0.1, 0.15) is 5.82 Å². The molecule has 94 valence electrons. The molecule has 0 atom stereocenters. The van der Waals surface area contributed by atoms with Gasteiger partial charge in [0.25, 0.3) is 0 Å². The maximum absolute atomic E-state index is 12.9. The Morgan fingerprint density at radius 3 is 2.56 bits per heavy atom. The van der Waals surface area contributed by atoms with Crippen LogP contribution in [0.25, 0.3) is 0 Å². The third kappa shape index (κ3) is 2.56. The van der Waals surface area contributed by atoms with Gasteiger partial charge in [-0.15, -0.1) is 0 Å². The van der Waals surface area contributed by atoms with E-state index >= 15 is 0 Å². The molecule has 5 heteroatoms. The predicted molar refractivity (Wildman–Crippen MR) is 71.2 cm³/mol. The van der Waals surface area contributed by atoms with Crippen LogP contribution in [0.4, 0.5) is 15.2 Å². The number of carbonyl (C=O) groups excluding carboxylic acids is 1. The zero-order chi connectivity index (χ0) is 13.1. The van der Waals surface area contributed by atoms with Crippen LogP contribution in [-0.2, 0) is 0 Å². The van der Waals surface area contributed by atoms with E-state index in [4.69, 9.17) is 0 Å². The Hall–Kier alpha value is -1.75. The molecule has 2 aromatic rings. The Morgan fingerprint density at radius 2 is 2.06 bits per heavy atom. The smallest absolute Gasteiger partial charge is 0.190 e. The Balaban J connectivity index is 2.32. The van der Waals surface area contributed by atoms with E-state index < -0.39 is 0 Å². The first-order valence-corrected chi connectivity index (χ1v) is 6.43. The molecule has 0 saturated heterocycles. The van der Waals surface area contributed by atoms with Gasteiger partial charge >= 0.3 is 0 Å². The molecule has 0 N–H and O–H groups in total. The largest absolute Gasteiger partial charge is 0.318 e. The third-order valence-electron chi connectivity index (χ3n) is 2.53. The monoisotopic (exact) mass is 264 g/mol. The van der Waals surface area contributed by atoms with Crippen LogP contribution < -0.4 is 4.90 Å². The van der Waals surface area contributed by atoms with Crippen molar-refractivity contribution in [3.05, 3.63) is 41.2 Å². The van der Waals surface area contributed by atoms with Crippen molar-refractivity contribution in [3.63, 3.8) is 0 Å². The van der Waals surface area contributed by atoms with Crippen LogP contribution in [0.15, 0.2) is 30.5 Å². The standard InChI is InChI=1S/C13H13FN2OS/c1-3-16(11-6-4-10(14)5-7-11)13-15-8-12(18-13)9(2)17/h4-8H,3H2,1-2H3. The van der Waals surface area contributed by atoms with E-state index in [1.54, 1.807) is 18.3 Å². The Labute approximate surface area is 109 Å². The molecule has 0 spiro atoms. The van der Waals surface area contributed by atoms with Gasteiger partial charge in [0.2, 0.25) is 0 Å². The number of halogens is 1. The van der Waals surface area contributed by atoms with Crippen molar-refractivity contribution in [3.8, 4) is 0 Å². The second kappa shape index (κ2) is 5.27. The molecule has 1 aromatic heterocycles. The number of aromatic nitrogens is 1. The van der Waals surface area contributed by atoms with Crippen LogP contribution in [0.1, 0.15) is 23.5 Å². The molecule has 0 amide bonds. The normalized spacial score (nSPS) is 10.4. The number of ketones is 1. The fourth-order valence-corrected chi connectivity index (χ4v) is 2.50.